The lowest BCUT2D eigenvalue weighted by Crippen LogP contribution is -2.34. The molecule has 2 aromatic carbocycles. The third-order valence-corrected chi connectivity index (χ3v) is 5.93. The van der Waals surface area contributed by atoms with Gasteiger partial charge in [0.05, 0.1) is 11.4 Å². The van der Waals surface area contributed by atoms with Gasteiger partial charge in [0, 0.05) is 29.6 Å². The third-order valence-electron chi connectivity index (χ3n) is 5.09. The van der Waals surface area contributed by atoms with Gasteiger partial charge in [-0.3, -0.25) is 14.5 Å². The molecule has 0 aliphatic heterocycles. The van der Waals surface area contributed by atoms with Gasteiger partial charge < -0.3 is 10.6 Å². The number of anilines is 3. The van der Waals surface area contributed by atoms with Gasteiger partial charge in [-0.25, -0.2) is 9.78 Å². The van der Waals surface area contributed by atoms with Gasteiger partial charge in [0.1, 0.15) is 0 Å². The average Bonchev–Trinajstić information content (AvgIpc) is 3.23. The Balaban J connectivity index is 1.71. The number of aromatic nitrogens is 1. The molecule has 0 atom stereocenters. The van der Waals surface area contributed by atoms with E-state index in [2.05, 4.69) is 15.6 Å². The van der Waals surface area contributed by atoms with Crippen molar-refractivity contribution in [2.45, 2.75) is 40.7 Å². The van der Waals surface area contributed by atoms with E-state index in [1.807, 2.05) is 45.9 Å². The standard InChI is InChI=1S/C26H28N4O3S/c1-16(2)27-25(33)28-21-11-9-20(10-12-21)24(32)14-13-22-15-34-26(29-22)30(19(5)31)23-8-6-7-17(3)18(23)4/h6-16H,1-5H3,(H2,27,28,33)/b14-13+. The van der Waals surface area contributed by atoms with Crippen molar-refractivity contribution in [1.82, 2.24) is 10.3 Å². The van der Waals surface area contributed by atoms with Crippen LogP contribution in [0.4, 0.5) is 21.3 Å². The molecule has 0 radical (unpaired) electrons. The van der Waals surface area contributed by atoms with Gasteiger partial charge in [-0.05, 0) is 81.3 Å². The smallest absolute Gasteiger partial charge is 0.319 e. The first-order valence-electron chi connectivity index (χ1n) is 10.9. The summed E-state index contributed by atoms with van der Waals surface area (Å²) in [5, 5.41) is 7.81. The number of carbonyl (C=O) groups excluding carboxylic acids is 3. The fourth-order valence-corrected chi connectivity index (χ4v) is 4.09. The van der Waals surface area contributed by atoms with Crippen LogP contribution in [0, 0.1) is 13.8 Å². The van der Waals surface area contributed by atoms with E-state index in [-0.39, 0.29) is 23.8 Å². The topological polar surface area (TPSA) is 91.4 Å². The number of rotatable bonds is 7. The zero-order chi connectivity index (χ0) is 24.8. The third kappa shape index (κ3) is 6.17. The number of thiazole rings is 1. The van der Waals surface area contributed by atoms with Crippen molar-refractivity contribution in [3.8, 4) is 0 Å². The molecule has 3 aromatic rings. The molecule has 8 heteroatoms. The summed E-state index contributed by atoms with van der Waals surface area (Å²) in [7, 11) is 0. The summed E-state index contributed by atoms with van der Waals surface area (Å²) >= 11 is 1.34. The van der Waals surface area contributed by atoms with Crippen LogP contribution >= 0.6 is 11.3 Å². The molecule has 0 saturated carbocycles. The number of allylic oxidation sites excluding steroid dienone is 1. The molecule has 0 fully saturated rings. The van der Waals surface area contributed by atoms with Gasteiger partial charge in [0.2, 0.25) is 5.91 Å². The normalized spacial score (nSPS) is 11.0. The molecule has 34 heavy (non-hydrogen) atoms. The maximum absolute atomic E-state index is 12.6. The molecular weight excluding hydrogens is 448 g/mol. The summed E-state index contributed by atoms with van der Waals surface area (Å²) in [6.45, 7) is 9.24. The van der Waals surface area contributed by atoms with Crippen molar-refractivity contribution in [3.63, 3.8) is 0 Å². The summed E-state index contributed by atoms with van der Waals surface area (Å²) in [5.74, 6) is -0.323. The highest BCUT2D eigenvalue weighted by atomic mass is 32.1. The van der Waals surface area contributed by atoms with Crippen LogP contribution in [0.5, 0.6) is 0 Å². The number of hydrogen-bond donors (Lipinski definition) is 2. The van der Waals surface area contributed by atoms with E-state index < -0.39 is 0 Å². The molecule has 0 unspecified atom stereocenters. The van der Waals surface area contributed by atoms with Crippen molar-refractivity contribution in [1.29, 1.82) is 0 Å². The van der Waals surface area contributed by atoms with Gasteiger partial charge in [0.25, 0.3) is 0 Å². The Labute approximate surface area is 203 Å². The van der Waals surface area contributed by atoms with E-state index in [9.17, 15) is 14.4 Å². The number of carbonyl (C=O) groups is 3. The van der Waals surface area contributed by atoms with Crippen molar-refractivity contribution >= 4 is 51.6 Å². The highest BCUT2D eigenvalue weighted by molar-refractivity contribution is 7.14. The fraction of sp³-hybridized carbons (Fsp3) is 0.231. The minimum atomic E-state index is -0.297. The molecule has 3 amide bonds. The molecule has 1 heterocycles. The number of hydrogen-bond acceptors (Lipinski definition) is 5. The summed E-state index contributed by atoms with van der Waals surface area (Å²) in [5.41, 5.74) is 4.58. The van der Waals surface area contributed by atoms with Crippen molar-refractivity contribution in [2.75, 3.05) is 10.2 Å². The number of ketones is 1. The van der Waals surface area contributed by atoms with Gasteiger partial charge in [0.15, 0.2) is 10.9 Å². The predicted molar refractivity (Wildman–Crippen MR) is 138 cm³/mol. The molecule has 0 spiro atoms. The maximum atomic E-state index is 12.6. The second-order valence-electron chi connectivity index (χ2n) is 8.16. The molecule has 0 aliphatic carbocycles. The van der Waals surface area contributed by atoms with Crippen LogP contribution in [0.3, 0.4) is 0 Å². The molecule has 0 aliphatic rings. The monoisotopic (exact) mass is 476 g/mol. The Morgan fingerprint density at radius 2 is 1.76 bits per heavy atom. The van der Waals surface area contributed by atoms with E-state index in [1.165, 1.54) is 24.3 Å². The summed E-state index contributed by atoms with van der Waals surface area (Å²) in [6, 6.07) is 12.2. The van der Waals surface area contributed by atoms with Crippen LogP contribution in [0.25, 0.3) is 6.08 Å². The molecule has 176 valence electrons. The minimum absolute atomic E-state index is 0.0283. The van der Waals surface area contributed by atoms with E-state index in [0.717, 1.165) is 16.8 Å². The first kappa shape index (κ1) is 24.9. The first-order chi connectivity index (χ1) is 16.2. The Kier molecular flexibility index (Phi) is 7.96. The number of benzene rings is 2. The van der Waals surface area contributed by atoms with Gasteiger partial charge in [-0.15, -0.1) is 11.3 Å². The molecule has 7 nitrogen and oxygen atoms in total. The lowest BCUT2D eigenvalue weighted by Gasteiger charge is -2.21. The van der Waals surface area contributed by atoms with E-state index >= 15 is 0 Å². The van der Waals surface area contributed by atoms with Crippen LogP contribution in [-0.4, -0.2) is 28.7 Å². The Hall–Kier alpha value is -3.78. The Bertz CT molecular complexity index is 1230. The molecule has 0 saturated heterocycles. The Morgan fingerprint density at radius 1 is 1.06 bits per heavy atom. The Morgan fingerprint density at radius 3 is 2.41 bits per heavy atom. The molecule has 1 aromatic heterocycles. The number of nitrogens with zero attached hydrogens (tertiary/aromatic N) is 2. The predicted octanol–water partition coefficient (Wildman–Crippen LogP) is 5.87. The lowest BCUT2D eigenvalue weighted by atomic mass is 10.1. The number of amides is 3. The summed E-state index contributed by atoms with van der Waals surface area (Å²) < 4.78 is 0. The fourth-order valence-electron chi connectivity index (χ4n) is 3.25. The van der Waals surface area contributed by atoms with Crippen molar-refractivity contribution in [3.05, 3.63) is 76.3 Å². The quantitative estimate of drug-likeness (QED) is 0.329. The van der Waals surface area contributed by atoms with E-state index in [0.29, 0.717) is 22.1 Å². The number of aryl methyl sites for hydroxylation is 1. The zero-order valence-corrected chi connectivity index (χ0v) is 20.7. The molecule has 0 bridgehead atoms. The minimum Gasteiger partial charge on any atom is -0.336 e. The molecular formula is C26H28N4O3S. The largest absolute Gasteiger partial charge is 0.336 e. The SMILES string of the molecule is CC(=O)N(c1nc(/C=C/C(=O)c2ccc(NC(=O)NC(C)C)cc2)cs1)c1cccc(C)c1C. The van der Waals surface area contributed by atoms with Crippen LogP contribution in [0.1, 0.15) is 48.0 Å². The van der Waals surface area contributed by atoms with Crippen LogP contribution in [0.2, 0.25) is 0 Å². The summed E-state index contributed by atoms with van der Waals surface area (Å²) in [6.07, 6.45) is 3.08. The number of nitrogens with one attached hydrogen (secondary N) is 2. The van der Waals surface area contributed by atoms with Crippen molar-refractivity contribution < 1.29 is 14.4 Å². The van der Waals surface area contributed by atoms with Gasteiger partial charge in [-0.2, -0.15) is 0 Å². The first-order valence-corrected chi connectivity index (χ1v) is 11.8. The average molecular weight is 477 g/mol. The lowest BCUT2D eigenvalue weighted by molar-refractivity contribution is -0.115. The highest BCUT2D eigenvalue weighted by Gasteiger charge is 2.20. The number of urea groups is 1. The molecule has 3 rings (SSSR count). The van der Waals surface area contributed by atoms with Crippen LogP contribution in [0.15, 0.2) is 53.9 Å². The maximum Gasteiger partial charge on any atom is 0.319 e. The molecule has 2 N–H and O–H groups in total. The second-order valence-corrected chi connectivity index (χ2v) is 8.99. The summed E-state index contributed by atoms with van der Waals surface area (Å²) in [4.78, 5) is 42.9. The van der Waals surface area contributed by atoms with Gasteiger partial charge in [-0.1, -0.05) is 12.1 Å². The highest BCUT2D eigenvalue weighted by Crippen LogP contribution is 2.32. The van der Waals surface area contributed by atoms with Crippen LogP contribution in [-0.2, 0) is 4.79 Å². The zero-order valence-electron chi connectivity index (χ0n) is 19.9. The van der Waals surface area contributed by atoms with Gasteiger partial charge >= 0.3 is 6.03 Å². The van der Waals surface area contributed by atoms with E-state index in [4.69, 9.17) is 0 Å². The van der Waals surface area contributed by atoms with Crippen molar-refractivity contribution in [2.24, 2.45) is 0 Å². The second kappa shape index (κ2) is 10.9. The van der Waals surface area contributed by atoms with E-state index in [1.54, 1.807) is 40.6 Å². The van der Waals surface area contributed by atoms with Crippen LogP contribution < -0.4 is 15.5 Å².